The lowest BCUT2D eigenvalue weighted by molar-refractivity contribution is -0.132. The van der Waals surface area contributed by atoms with E-state index in [1.165, 1.54) is 28.4 Å². The molecule has 0 amide bonds. The highest BCUT2D eigenvalue weighted by molar-refractivity contribution is 6.91. The van der Waals surface area contributed by atoms with Crippen LogP contribution >= 0.6 is 0 Å². The Morgan fingerprint density at radius 2 is 1.24 bits per heavy atom. The fourth-order valence-electron chi connectivity index (χ4n) is 2.92. The van der Waals surface area contributed by atoms with Gasteiger partial charge in [-0.15, -0.1) is 0 Å². The number of halogens is 3. The van der Waals surface area contributed by atoms with Crippen molar-refractivity contribution in [2.45, 2.75) is 44.6 Å². The molecular formula is C17H31F3O6Si3. The van der Waals surface area contributed by atoms with Crippen molar-refractivity contribution in [2.75, 3.05) is 28.4 Å². The first-order valence-corrected chi connectivity index (χ1v) is 15.4. The van der Waals surface area contributed by atoms with Crippen molar-refractivity contribution in [3.8, 4) is 0 Å². The standard InChI is InChI=1S/C17H31F3O6Si3/c1-7-14-28(21-2,22-3)25-27(6,16-11-9-8-10-12-16)26-29(23-4,24-5)15-13-17(18,19)20/h8-12H,7,13-15H2,1-6H3. The average Bonchev–Trinajstić information content (AvgIpc) is 2.71. The van der Waals surface area contributed by atoms with Gasteiger partial charge in [-0.2, -0.15) is 13.2 Å². The van der Waals surface area contributed by atoms with Crippen LogP contribution < -0.4 is 5.19 Å². The summed E-state index contributed by atoms with van der Waals surface area (Å²) in [5.41, 5.74) is 0. The van der Waals surface area contributed by atoms with Gasteiger partial charge in [0.25, 0.3) is 0 Å². The molecule has 0 aliphatic heterocycles. The van der Waals surface area contributed by atoms with Crippen LogP contribution in [0.5, 0.6) is 0 Å². The van der Waals surface area contributed by atoms with E-state index in [1.54, 1.807) is 6.55 Å². The number of alkyl halides is 3. The van der Waals surface area contributed by atoms with E-state index < -0.39 is 44.8 Å². The van der Waals surface area contributed by atoms with Gasteiger partial charge < -0.3 is 25.9 Å². The topological polar surface area (TPSA) is 55.4 Å². The summed E-state index contributed by atoms with van der Waals surface area (Å²) < 4.78 is 73.6. The quantitative estimate of drug-likeness (QED) is 0.407. The summed E-state index contributed by atoms with van der Waals surface area (Å²) in [7, 11) is -4.56. The van der Waals surface area contributed by atoms with Crippen molar-refractivity contribution >= 4 is 31.4 Å². The first-order valence-electron chi connectivity index (χ1n) is 9.26. The zero-order valence-electron chi connectivity index (χ0n) is 17.8. The summed E-state index contributed by atoms with van der Waals surface area (Å²) >= 11 is 0. The van der Waals surface area contributed by atoms with Crippen molar-refractivity contribution < 1.29 is 39.1 Å². The second-order valence-electron chi connectivity index (χ2n) is 6.56. The summed E-state index contributed by atoms with van der Waals surface area (Å²) in [5, 5.41) is 0.722. The zero-order valence-corrected chi connectivity index (χ0v) is 20.8. The van der Waals surface area contributed by atoms with Gasteiger partial charge in [0, 0.05) is 46.9 Å². The second kappa shape index (κ2) is 11.2. The fraction of sp³-hybridized carbons (Fsp3) is 0.647. The molecule has 0 heterocycles. The molecule has 0 fully saturated rings. The molecule has 1 rings (SSSR count). The van der Waals surface area contributed by atoms with E-state index in [0.29, 0.717) is 6.04 Å². The third kappa shape index (κ3) is 7.56. The zero-order chi connectivity index (χ0) is 22.2. The van der Waals surface area contributed by atoms with E-state index in [2.05, 4.69) is 0 Å². The van der Waals surface area contributed by atoms with Gasteiger partial charge in [0.15, 0.2) is 0 Å². The van der Waals surface area contributed by atoms with E-state index in [4.69, 9.17) is 25.9 Å². The van der Waals surface area contributed by atoms with Crippen LogP contribution in [0.3, 0.4) is 0 Å². The van der Waals surface area contributed by atoms with Crippen LogP contribution in [0.2, 0.25) is 18.6 Å². The van der Waals surface area contributed by atoms with Gasteiger partial charge in [-0.05, 0) is 11.7 Å². The molecule has 0 aliphatic rings. The van der Waals surface area contributed by atoms with Crippen LogP contribution in [0.1, 0.15) is 19.8 Å². The molecule has 0 aliphatic carbocycles. The first kappa shape index (κ1) is 26.5. The Kier molecular flexibility index (Phi) is 10.2. The van der Waals surface area contributed by atoms with Gasteiger partial charge in [0.1, 0.15) is 0 Å². The maximum atomic E-state index is 12.9. The van der Waals surface area contributed by atoms with Gasteiger partial charge in [0.2, 0.25) is 0 Å². The summed E-state index contributed by atoms with van der Waals surface area (Å²) in [6.45, 7) is 3.73. The molecule has 0 saturated carbocycles. The van der Waals surface area contributed by atoms with Crippen LogP contribution in [0.4, 0.5) is 13.2 Å². The maximum absolute atomic E-state index is 12.9. The minimum atomic E-state index is -4.36. The lowest BCUT2D eigenvalue weighted by Gasteiger charge is -2.41. The molecule has 0 N–H and O–H groups in total. The molecule has 0 spiro atoms. The van der Waals surface area contributed by atoms with Gasteiger partial charge in [0.05, 0.1) is 0 Å². The van der Waals surface area contributed by atoms with Crippen LogP contribution in [0.15, 0.2) is 30.3 Å². The smallest absolute Gasteiger partial charge is 0.390 e. The number of hydrogen-bond acceptors (Lipinski definition) is 6. The van der Waals surface area contributed by atoms with Gasteiger partial charge in [-0.25, -0.2) is 0 Å². The SMILES string of the molecule is CCC[Si](OC)(OC)O[Si](C)(O[Si](CCC(F)(F)F)(OC)OC)c1ccccc1. The molecule has 0 saturated heterocycles. The number of hydrogen-bond donors (Lipinski definition) is 0. The summed E-state index contributed by atoms with van der Waals surface area (Å²) in [5.74, 6) is 0. The molecule has 168 valence electrons. The monoisotopic (exact) mass is 472 g/mol. The lowest BCUT2D eigenvalue weighted by Crippen LogP contribution is -2.66. The third-order valence-electron chi connectivity index (χ3n) is 4.51. The highest BCUT2D eigenvalue weighted by Gasteiger charge is 2.55. The predicted molar refractivity (Wildman–Crippen MR) is 110 cm³/mol. The predicted octanol–water partition coefficient (Wildman–Crippen LogP) is 3.82. The normalized spacial score (nSPS) is 15.3. The highest BCUT2D eigenvalue weighted by Crippen LogP contribution is 2.31. The van der Waals surface area contributed by atoms with Crippen molar-refractivity contribution in [3.63, 3.8) is 0 Å². The van der Waals surface area contributed by atoms with Crippen LogP contribution in [0, 0.1) is 0 Å². The Balaban J connectivity index is 3.36. The minimum Gasteiger partial charge on any atom is -0.390 e. The van der Waals surface area contributed by atoms with E-state index in [-0.39, 0.29) is 0 Å². The van der Waals surface area contributed by atoms with E-state index in [0.717, 1.165) is 11.6 Å². The molecule has 0 radical (unpaired) electrons. The Labute approximate surface area is 174 Å². The second-order valence-corrected chi connectivity index (χ2v) is 16.0. The first-order chi connectivity index (χ1) is 13.5. The number of rotatable bonds is 13. The fourth-order valence-corrected chi connectivity index (χ4v) is 14.4. The average molecular weight is 473 g/mol. The molecule has 12 heteroatoms. The largest absolute Gasteiger partial charge is 0.492 e. The molecule has 29 heavy (non-hydrogen) atoms. The minimum absolute atomic E-state index is 0.412. The van der Waals surface area contributed by atoms with E-state index in [9.17, 15) is 13.2 Å². The third-order valence-corrected chi connectivity index (χ3v) is 16.0. The van der Waals surface area contributed by atoms with Crippen molar-refractivity contribution in [1.82, 2.24) is 0 Å². The summed E-state index contributed by atoms with van der Waals surface area (Å²) in [4.78, 5) is 0. The van der Waals surface area contributed by atoms with Crippen molar-refractivity contribution in [3.05, 3.63) is 30.3 Å². The van der Waals surface area contributed by atoms with E-state index >= 15 is 0 Å². The van der Waals surface area contributed by atoms with Gasteiger partial charge >= 0.3 is 32.3 Å². The summed E-state index contributed by atoms with van der Waals surface area (Å²) in [6, 6.07) is 9.22. The number of benzene rings is 1. The summed E-state index contributed by atoms with van der Waals surface area (Å²) in [6.07, 6.45) is -4.69. The molecular weight excluding hydrogens is 441 g/mol. The van der Waals surface area contributed by atoms with Crippen molar-refractivity contribution in [2.24, 2.45) is 0 Å². The molecule has 1 atom stereocenters. The van der Waals surface area contributed by atoms with E-state index in [1.807, 2.05) is 37.3 Å². The van der Waals surface area contributed by atoms with Gasteiger partial charge in [-0.1, -0.05) is 43.7 Å². The van der Waals surface area contributed by atoms with Crippen molar-refractivity contribution in [1.29, 1.82) is 0 Å². The molecule has 1 aromatic carbocycles. The van der Waals surface area contributed by atoms with Gasteiger partial charge in [-0.3, -0.25) is 0 Å². The molecule has 1 aromatic rings. The molecule has 1 unspecified atom stereocenters. The van der Waals surface area contributed by atoms with Crippen LogP contribution in [-0.4, -0.2) is 60.8 Å². The van der Waals surface area contributed by atoms with Crippen LogP contribution in [0.25, 0.3) is 0 Å². The lowest BCUT2D eigenvalue weighted by atomic mass is 10.4. The molecule has 0 bridgehead atoms. The Morgan fingerprint density at radius 3 is 1.62 bits per heavy atom. The molecule has 0 aromatic heterocycles. The highest BCUT2D eigenvalue weighted by atomic mass is 28.5. The maximum Gasteiger partial charge on any atom is 0.492 e. The van der Waals surface area contributed by atoms with Crippen LogP contribution in [-0.2, 0) is 25.9 Å². The Bertz CT molecular complexity index is 600. The Hall–Kier alpha value is -0.579. The molecule has 6 nitrogen and oxygen atoms in total. The Morgan fingerprint density at radius 1 is 0.793 bits per heavy atom.